The van der Waals surface area contributed by atoms with Gasteiger partial charge in [-0.2, -0.15) is 0 Å². The zero-order valence-corrected chi connectivity index (χ0v) is 13.5. The van der Waals surface area contributed by atoms with E-state index in [1.165, 1.54) is 0 Å². The number of urea groups is 1. The lowest BCUT2D eigenvalue weighted by molar-refractivity contribution is -0.135. The Kier molecular flexibility index (Phi) is 5.96. The van der Waals surface area contributed by atoms with Crippen LogP contribution in [0.1, 0.15) is 31.7 Å². The highest BCUT2D eigenvalue weighted by Gasteiger charge is 2.42. The van der Waals surface area contributed by atoms with Gasteiger partial charge >= 0.3 is 6.03 Å². The Morgan fingerprint density at radius 3 is 2.43 bits per heavy atom. The van der Waals surface area contributed by atoms with Crippen LogP contribution in [0.15, 0.2) is 30.3 Å². The summed E-state index contributed by atoms with van der Waals surface area (Å²) in [4.78, 5) is 25.5. The summed E-state index contributed by atoms with van der Waals surface area (Å²) in [7, 11) is 0. The van der Waals surface area contributed by atoms with E-state index in [4.69, 9.17) is 0 Å². The number of alkyl halides is 1. The summed E-state index contributed by atoms with van der Waals surface area (Å²) in [6, 6.07) is 9.22. The van der Waals surface area contributed by atoms with Crippen LogP contribution < -0.4 is 10.6 Å². The average Bonchev–Trinajstić information content (AvgIpc) is 2.59. The number of halogens is 1. The van der Waals surface area contributed by atoms with Crippen LogP contribution in [0.2, 0.25) is 0 Å². The second-order valence-electron chi connectivity index (χ2n) is 5.85. The Morgan fingerprint density at radius 2 is 1.83 bits per heavy atom. The van der Waals surface area contributed by atoms with Gasteiger partial charge in [-0.05, 0) is 12.0 Å². The molecule has 3 amide bonds. The molecule has 1 aromatic rings. The van der Waals surface area contributed by atoms with Crippen molar-refractivity contribution >= 4 is 11.9 Å². The van der Waals surface area contributed by atoms with Gasteiger partial charge < -0.3 is 15.5 Å². The lowest BCUT2D eigenvalue weighted by Gasteiger charge is -2.35. The molecule has 0 aliphatic carbocycles. The normalized spacial score (nSPS) is 16.7. The van der Waals surface area contributed by atoms with Crippen molar-refractivity contribution in [2.24, 2.45) is 0 Å². The monoisotopic (exact) mass is 321 g/mol. The molecule has 0 aromatic heterocycles. The summed E-state index contributed by atoms with van der Waals surface area (Å²) in [5.41, 5.74) is -0.961. The minimum absolute atomic E-state index is 0.0349. The molecule has 1 aromatic carbocycles. The molecular weight excluding hydrogens is 297 g/mol. The van der Waals surface area contributed by atoms with E-state index in [2.05, 4.69) is 10.6 Å². The first-order valence-corrected chi connectivity index (χ1v) is 8.09. The number of hydrogen-bond donors (Lipinski definition) is 2. The molecule has 0 unspecified atom stereocenters. The molecule has 1 heterocycles. The van der Waals surface area contributed by atoms with Crippen molar-refractivity contribution in [2.75, 3.05) is 19.6 Å². The summed E-state index contributed by atoms with van der Waals surface area (Å²) in [6.45, 7) is 3.40. The highest BCUT2D eigenvalue weighted by molar-refractivity contribution is 5.85. The molecule has 0 spiro atoms. The molecule has 126 valence electrons. The van der Waals surface area contributed by atoms with Crippen molar-refractivity contribution in [1.82, 2.24) is 15.5 Å². The molecule has 23 heavy (non-hydrogen) atoms. The maximum Gasteiger partial charge on any atom is 0.317 e. The molecule has 0 atom stereocenters. The van der Waals surface area contributed by atoms with Gasteiger partial charge in [-0.15, -0.1) is 0 Å². The van der Waals surface area contributed by atoms with Gasteiger partial charge in [0.15, 0.2) is 5.67 Å². The third kappa shape index (κ3) is 4.68. The highest BCUT2D eigenvalue weighted by atomic mass is 19.1. The number of rotatable bonds is 5. The predicted molar refractivity (Wildman–Crippen MR) is 86.6 cm³/mol. The molecule has 1 fully saturated rings. The van der Waals surface area contributed by atoms with E-state index >= 15 is 0 Å². The van der Waals surface area contributed by atoms with E-state index in [1.807, 2.05) is 37.3 Å². The minimum atomic E-state index is -1.89. The molecular formula is C17H24FN3O2. The third-order valence-electron chi connectivity index (χ3n) is 4.07. The maximum atomic E-state index is 14.8. The summed E-state index contributed by atoms with van der Waals surface area (Å²) >= 11 is 0. The maximum absolute atomic E-state index is 14.8. The fourth-order valence-corrected chi connectivity index (χ4v) is 2.57. The fourth-order valence-electron chi connectivity index (χ4n) is 2.57. The molecule has 0 bridgehead atoms. The molecule has 0 radical (unpaired) electrons. The van der Waals surface area contributed by atoms with E-state index in [-0.39, 0.29) is 32.0 Å². The van der Waals surface area contributed by atoms with E-state index in [9.17, 15) is 14.0 Å². The van der Waals surface area contributed by atoms with Gasteiger partial charge in [0.1, 0.15) is 0 Å². The van der Waals surface area contributed by atoms with Crippen LogP contribution in [0.4, 0.5) is 9.18 Å². The summed E-state index contributed by atoms with van der Waals surface area (Å²) in [5, 5.41) is 5.42. The predicted octanol–water partition coefficient (Wildman–Crippen LogP) is 2.23. The van der Waals surface area contributed by atoms with Crippen LogP contribution in [0.25, 0.3) is 0 Å². The highest BCUT2D eigenvalue weighted by Crippen LogP contribution is 2.27. The molecule has 1 saturated heterocycles. The fraction of sp³-hybridized carbons (Fsp3) is 0.529. The molecule has 0 saturated carbocycles. The number of benzene rings is 1. The number of carbonyl (C=O) groups is 2. The summed E-state index contributed by atoms with van der Waals surface area (Å²) in [5.74, 6) is -0.588. The molecule has 6 heteroatoms. The van der Waals surface area contributed by atoms with Gasteiger partial charge in [0, 0.05) is 39.0 Å². The Labute approximate surface area is 136 Å². The number of likely N-dealkylation sites (tertiary alicyclic amines) is 1. The quantitative estimate of drug-likeness (QED) is 0.873. The first-order chi connectivity index (χ1) is 11.0. The van der Waals surface area contributed by atoms with Crippen LogP contribution in [0, 0.1) is 0 Å². The van der Waals surface area contributed by atoms with Crippen LogP contribution >= 0.6 is 0 Å². The van der Waals surface area contributed by atoms with E-state index in [1.54, 1.807) is 4.90 Å². The van der Waals surface area contributed by atoms with Gasteiger partial charge in [0.25, 0.3) is 5.91 Å². The molecule has 5 nitrogen and oxygen atoms in total. The van der Waals surface area contributed by atoms with Crippen LogP contribution in [-0.4, -0.2) is 42.1 Å². The second kappa shape index (κ2) is 7.94. The Bertz CT molecular complexity index is 528. The Hall–Kier alpha value is -2.11. The first kappa shape index (κ1) is 17.2. The second-order valence-corrected chi connectivity index (χ2v) is 5.85. The number of amides is 3. The van der Waals surface area contributed by atoms with Crippen molar-refractivity contribution < 1.29 is 14.0 Å². The summed E-state index contributed by atoms with van der Waals surface area (Å²) in [6.07, 6.45) is 0.925. The number of nitrogens with one attached hydrogen (secondary N) is 2. The average molecular weight is 321 g/mol. The largest absolute Gasteiger partial charge is 0.349 e. The smallest absolute Gasteiger partial charge is 0.317 e. The lowest BCUT2D eigenvalue weighted by atomic mass is 9.92. The standard InChI is InChI=1S/C17H24FN3O2/c1-2-10-19-16(23)21-11-8-17(18,9-12-21)15(22)20-13-14-6-4-3-5-7-14/h3-7H,2,8-13H2,1H3,(H,19,23)(H,20,22). The number of hydrogen-bond acceptors (Lipinski definition) is 2. The topological polar surface area (TPSA) is 61.4 Å². The SMILES string of the molecule is CCCNC(=O)N1CCC(F)(C(=O)NCc2ccccc2)CC1. The van der Waals surface area contributed by atoms with Gasteiger partial charge in [0.2, 0.25) is 0 Å². The van der Waals surface area contributed by atoms with Gasteiger partial charge in [0.05, 0.1) is 0 Å². The molecule has 2 rings (SSSR count). The number of piperidine rings is 1. The van der Waals surface area contributed by atoms with Crippen LogP contribution in [0.3, 0.4) is 0 Å². The van der Waals surface area contributed by atoms with E-state index in [0.717, 1.165) is 12.0 Å². The number of carbonyl (C=O) groups excluding carboxylic acids is 2. The third-order valence-corrected chi connectivity index (χ3v) is 4.07. The van der Waals surface area contributed by atoms with Crippen molar-refractivity contribution in [1.29, 1.82) is 0 Å². The van der Waals surface area contributed by atoms with Crippen molar-refractivity contribution in [3.63, 3.8) is 0 Å². The van der Waals surface area contributed by atoms with Crippen LogP contribution in [0.5, 0.6) is 0 Å². The molecule has 1 aliphatic heterocycles. The van der Waals surface area contributed by atoms with Crippen molar-refractivity contribution in [3.05, 3.63) is 35.9 Å². The Morgan fingerprint density at radius 1 is 1.17 bits per heavy atom. The lowest BCUT2D eigenvalue weighted by Crippen LogP contribution is -2.53. The first-order valence-electron chi connectivity index (χ1n) is 8.09. The minimum Gasteiger partial charge on any atom is -0.349 e. The number of nitrogens with zero attached hydrogens (tertiary/aromatic N) is 1. The summed E-state index contributed by atoms with van der Waals surface area (Å²) < 4.78 is 14.8. The van der Waals surface area contributed by atoms with Gasteiger partial charge in [-0.1, -0.05) is 37.3 Å². The zero-order valence-electron chi connectivity index (χ0n) is 13.5. The van der Waals surface area contributed by atoms with Crippen molar-refractivity contribution in [3.8, 4) is 0 Å². The molecule has 2 N–H and O–H groups in total. The zero-order chi connectivity index (χ0) is 16.7. The van der Waals surface area contributed by atoms with Gasteiger partial charge in [-0.25, -0.2) is 9.18 Å². The van der Waals surface area contributed by atoms with Crippen molar-refractivity contribution in [2.45, 2.75) is 38.4 Å². The van der Waals surface area contributed by atoms with E-state index < -0.39 is 11.6 Å². The van der Waals surface area contributed by atoms with Gasteiger partial charge in [-0.3, -0.25) is 4.79 Å². The van der Waals surface area contributed by atoms with E-state index in [0.29, 0.717) is 13.1 Å². The molecule has 1 aliphatic rings. The van der Waals surface area contributed by atoms with Crippen LogP contribution in [-0.2, 0) is 11.3 Å². The Balaban J connectivity index is 1.81.